The summed E-state index contributed by atoms with van der Waals surface area (Å²) < 4.78 is 26.1. The third-order valence-electron chi connectivity index (χ3n) is 3.36. The monoisotopic (exact) mass is 300 g/mol. The quantitative estimate of drug-likeness (QED) is 0.789. The van der Waals surface area contributed by atoms with Gasteiger partial charge in [0.25, 0.3) is 0 Å². The van der Waals surface area contributed by atoms with Crippen molar-refractivity contribution in [3.8, 4) is 0 Å². The van der Waals surface area contributed by atoms with Crippen LogP contribution in [0.5, 0.6) is 0 Å². The first-order valence-electron chi connectivity index (χ1n) is 6.67. The highest BCUT2D eigenvalue weighted by Crippen LogP contribution is 2.19. The molecule has 0 aliphatic carbocycles. The van der Waals surface area contributed by atoms with Crippen LogP contribution in [0.4, 0.5) is 0 Å². The molecule has 0 unspecified atom stereocenters. The molecule has 0 radical (unpaired) electrons. The molecule has 1 fully saturated rings. The van der Waals surface area contributed by atoms with Crippen LogP contribution in [-0.4, -0.2) is 54.4 Å². The minimum Gasteiger partial charge on any atom is -0.338 e. The zero-order chi connectivity index (χ0) is 14.6. The van der Waals surface area contributed by atoms with Crippen molar-refractivity contribution in [1.82, 2.24) is 19.4 Å². The van der Waals surface area contributed by atoms with Crippen molar-refractivity contribution in [2.24, 2.45) is 0 Å². The summed E-state index contributed by atoms with van der Waals surface area (Å²) >= 11 is 0. The van der Waals surface area contributed by atoms with E-state index in [2.05, 4.69) is 9.82 Å². The van der Waals surface area contributed by atoms with Gasteiger partial charge in [0, 0.05) is 31.9 Å². The molecule has 1 amide bonds. The van der Waals surface area contributed by atoms with E-state index in [4.69, 9.17) is 0 Å². The van der Waals surface area contributed by atoms with Crippen LogP contribution in [0.2, 0.25) is 0 Å². The SMILES string of the molecule is CS(=O)(=O)NCCC(=O)N1CCC[C@@H]1Cn1cccn1. The number of carbonyl (C=O) groups is 1. The van der Waals surface area contributed by atoms with E-state index in [9.17, 15) is 13.2 Å². The van der Waals surface area contributed by atoms with Crippen LogP contribution in [0, 0.1) is 0 Å². The van der Waals surface area contributed by atoms with Gasteiger partial charge in [-0.2, -0.15) is 5.10 Å². The summed E-state index contributed by atoms with van der Waals surface area (Å²) in [5.41, 5.74) is 0. The van der Waals surface area contributed by atoms with Gasteiger partial charge in [0.1, 0.15) is 0 Å². The summed E-state index contributed by atoms with van der Waals surface area (Å²) in [5, 5.41) is 4.15. The Labute approximate surface area is 119 Å². The van der Waals surface area contributed by atoms with Gasteiger partial charge in [-0.25, -0.2) is 13.1 Å². The number of nitrogens with zero attached hydrogens (tertiary/aromatic N) is 3. The third-order valence-corrected chi connectivity index (χ3v) is 4.09. The highest BCUT2D eigenvalue weighted by Gasteiger charge is 2.28. The summed E-state index contributed by atoms with van der Waals surface area (Å²) in [6.45, 7) is 1.59. The van der Waals surface area contributed by atoms with Gasteiger partial charge in [0.2, 0.25) is 15.9 Å². The first-order chi connectivity index (χ1) is 9.46. The lowest BCUT2D eigenvalue weighted by molar-refractivity contribution is -0.132. The number of amides is 1. The standard InChI is InChI=1S/C12H20N4O3S/c1-20(18,19)14-7-5-12(17)16-9-2-4-11(16)10-15-8-3-6-13-15/h3,6,8,11,14H,2,4-5,7,9-10H2,1H3/t11-/m1/s1. The van der Waals surface area contributed by atoms with E-state index in [0.29, 0.717) is 6.54 Å². The van der Waals surface area contributed by atoms with Crippen molar-refractivity contribution >= 4 is 15.9 Å². The van der Waals surface area contributed by atoms with Crippen molar-refractivity contribution in [2.45, 2.75) is 31.8 Å². The maximum absolute atomic E-state index is 12.1. The molecule has 2 heterocycles. The molecule has 112 valence electrons. The van der Waals surface area contributed by atoms with Crippen LogP contribution >= 0.6 is 0 Å². The Morgan fingerprint density at radius 3 is 2.95 bits per heavy atom. The zero-order valence-electron chi connectivity index (χ0n) is 11.5. The maximum atomic E-state index is 12.1. The van der Waals surface area contributed by atoms with Crippen LogP contribution in [-0.2, 0) is 21.4 Å². The van der Waals surface area contributed by atoms with Crippen LogP contribution in [0.25, 0.3) is 0 Å². The highest BCUT2D eigenvalue weighted by molar-refractivity contribution is 7.88. The van der Waals surface area contributed by atoms with E-state index in [1.54, 1.807) is 6.20 Å². The fourth-order valence-corrected chi connectivity index (χ4v) is 2.94. The number of hydrogen-bond donors (Lipinski definition) is 1. The number of sulfonamides is 1. The molecular weight excluding hydrogens is 280 g/mol. The van der Waals surface area contributed by atoms with Gasteiger partial charge in [-0.05, 0) is 18.9 Å². The molecule has 0 aromatic carbocycles. The summed E-state index contributed by atoms with van der Waals surface area (Å²) in [6, 6.07) is 2.01. The minimum absolute atomic E-state index is 0.00388. The van der Waals surface area contributed by atoms with E-state index >= 15 is 0 Å². The molecule has 0 spiro atoms. The molecule has 8 heteroatoms. The van der Waals surface area contributed by atoms with Crippen molar-refractivity contribution in [3.63, 3.8) is 0 Å². The Morgan fingerprint density at radius 2 is 2.30 bits per heavy atom. The van der Waals surface area contributed by atoms with Crippen LogP contribution < -0.4 is 4.72 Å². The smallest absolute Gasteiger partial charge is 0.224 e. The molecule has 1 aliphatic rings. The first-order valence-corrected chi connectivity index (χ1v) is 8.56. The van der Waals surface area contributed by atoms with Gasteiger partial charge in [0.05, 0.1) is 18.8 Å². The van der Waals surface area contributed by atoms with Gasteiger partial charge in [-0.15, -0.1) is 0 Å². The lowest BCUT2D eigenvalue weighted by Gasteiger charge is -2.24. The number of hydrogen-bond acceptors (Lipinski definition) is 4. The van der Waals surface area contributed by atoms with Crippen LogP contribution in [0.3, 0.4) is 0 Å². The second-order valence-electron chi connectivity index (χ2n) is 5.03. The van der Waals surface area contributed by atoms with Crippen LogP contribution in [0.1, 0.15) is 19.3 Å². The number of nitrogens with one attached hydrogen (secondary N) is 1. The highest BCUT2D eigenvalue weighted by atomic mass is 32.2. The van der Waals surface area contributed by atoms with E-state index < -0.39 is 10.0 Å². The average Bonchev–Trinajstić information content (AvgIpc) is 2.99. The van der Waals surface area contributed by atoms with E-state index in [0.717, 1.165) is 25.6 Å². The van der Waals surface area contributed by atoms with Crippen molar-refractivity contribution < 1.29 is 13.2 Å². The molecule has 7 nitrogen and oxygen atoms in total. The second kappa shape index (κ2) is 6.36. The van der Waals surface area contributed by atoms with E-state index in [1.165, 1.54) is 0 Å². The van der Waals surface area contributed by atoms with Gasteiger partial charge >= 0.3 is 0 Å². The zero-order valence-corrected chi connectivity index (χ0v) is 12.3. The lowest BCUT2D eigenvalue weighted by Crippen LogP contribution is -2.39. The number of aromatic nitrogens is 2. The molecule has 1 saturated heterocycles. The fraction of sp³-hybridized carbons (Fsp3) is 0.667. The van der Waals surface area contributed by atoms with Gasteiger partial charge in [-0.3, -0.25) is 9.48 Å². The Bertz CT molecular complexity index is 541. The summed E-state index contributed by atoms with van der Waals surface area (Å²) in [7, 11) is -3.23. The van der Waals surface area contributed by atoms with Crippen molar-refractivity contribution in [2.75, 3.05) is 19.3 Å². The number of carbonyl (C=O) groups excluding carboxylic acids is 1. The molecular formula is C12H20N4O3S. The first kappa shape index (κ1) is 15.0. The number of rotatable bonds is 6. The molecule has 1 aliphatic heterocycles. The average molecular weight is 300 g/mol. The van der Waals surface area contributed by atoms with Crippen molar-refractivity contribution in [3.05, 3.63) is 18.5 Å². The summed E-state index contributed by atoms with van der Waals surface area (Å²) in [5.74, 6) is -0.00388. The Kier molecular flexibility index (Phi) is 4.77. The molecule has 20 heavy (non-hydrogen) atoms. The lowest BCUT2D eigenvalue weighted by atomic mass is 10.2. The second-order valence-corrected chi connectivity index (χ2v) is 6.86. The number of likely N-dealkylation sites (tertiary alicyclic amines) is 1. The Morgan fingerprint density at radius 1 is 1.50 bits per heavy atom. The maximum Gasteiger partial charge on any atom is 0.224 e. The molecule has 1 atom stereocenters. The normalized spacial score (nSPS) is 19.4. The van der Waals surface area contributed by atoms with Crippen LogP contribution in [0.15, 0.2) is 18.5 Å². The fourth-order valence-electron chi connectivity index (χ4n) is 2.47. The molecule has 0 saturated carbocycles. The minimum atomic E-state index is -3.23. The molecule has 2 rings (SSSR count). The topological polar surface area (TPSA) is 84.3 Å². The predicted molar refractivity (Wildman–Crippen MR) is 74.4 cm³/mol. The molecule has 0 bridgehead atoms. The molecule has 1 aromatic rings. The largest absolute Gasteiger partial charge is 0.338 e. The van der Waals surface area contributed by atoms with E-state index in [-0.39, 0.29) is 24.9 Å². The summed E-state index contributed by atoms with van der Waals surface area (Å²) in [6.07, 6.45) is 6.84. The van der Waals surface area contributed by atoms with Gasteiger partial charge in [-0.1, -0.05) is 0 Å². The molecule has 1 aromatic heterocycles. The predicted octanol–water partition coefficient (Wildman–Crippen LogP) is -0.187. The van der Waals surface area contributed by atoms with E-state index in [1.807, 2.05) is 21.8 Å². The summed E-state index contributed by atoms with van der Waals surface area (Å²) in [4.78, 5) is 14.0. The van der Waals surface area contributed by atoms with Crippen molar-refractivity contribution in [1.29, 1.82) is 0 Å². The van der Waals surface area contributed by atoms with Gasteiger partial charge in [0.15, 0.2) is 0 Å². The van der Waals surface area contributed by atoms with Gasteiger partial charge < -0.3 is 4.90 Å². The third kappa shape index (κ3) is 4.31. The Balaban J connectivity index is 1.85. The Hall–Kier alpha value is -1.41. The molecule has 1 N–H and O–H groups in total.